The van der Waals surface area contributed by atoms with Crippen LogP contribution in [0.5, 0.6) is 5.75 Å². The van der Waals surface area contributed by atoms with Gasteiger partial charge in [0, 0.05) is 23.8 Å². The molecule has 0 radical (unpaired) electrons. The summed E-state index contributed by atoms with van der Waals surface area (Å²) in [5.74, 6) is 1.92. The summed E-state index contributed by atoms with van der Waals surface area (Å²) >= 11 is 3.68. The molecular weight excluding hydrogens is 428 g/mol. The van der Waals surface area contributed by atoms with Crippen LogP contribution in [0.3, 0.4) is 0 Å². The number of amides is 1. The smallest absolute Gasteiger partial charge is 0.231 e. The molecule has 0 N–H and O–H groups in total. The maximum atomic E-state index is 12.8. The van der Waals surface area contributed by atoms with E-state index in [1.807, 2.05) is 30.1 Å². The molecule has 0 saturated carbocycles. The molecule has 1 fully saturated rings. The zero-order valence-corrected chi connectivity index (χ0v) is 18.8. The summed E-state index contributed by atoms with van der Waals surface area (Å²) in [6.45, 7) is 3.01. The second kappa shape index (κ2) is 8.88. The number of carbonyl (C=O) groups excluding carboxylic acids is 1. The first kappa shape index (κ1) is 20.4. The van der Waals surface area contributed by atoms with Gasteiger partial charge in [0.1, 0.15) is 5.75 Å². The lowest BCUT2D eigenvalue weighted by atomic mass is 9.88. The van der Waals surface area contributed by atoms with E-state index < -0.39 is 0 Å². The van der Waals surface area contributed by atoms with Gasteiger partial charge in [-0.3, -0.25) is 4.79 Å². The maximum absolute atomic E-state index is 12.8. The van der Waals surface area contributed by atoms with Crippen LogP contribution in [-0.2, 0) is 17.6 Å². The lowest BCUT2D eigenvalue weighted by molar-refractivity contribution is -0.123. The topological polar surface area (TPSA) is 32.8 Å². The number of likely N-dealkylation sites (tertiary alicyclic amines) is 1. The fourth-order valence-electron chi connectivity index (χ4n) is 4.73. The standard InChI is InChI=1S/C24H29BrN2O2/c1-26-23-6-4-3-5-18(23)14-20(24(26)28)16-27-11-9-17(10-12-27)13-19-15-21(29-2)7-8-22(19)25/h3-8,15,17,20H,9-14,16H2,1-2H3. The number of rotatable bonds is 5. The summed E-state index contributed by atoms with van der Waals surface area (Å²) in [5.41, 5.74) is 3.68. The van der Waals surface area contributed by atoms with Crippen molar-refractivity contribution in [1.82, 2.24) is 4.90 Å². The van der Waals surface area contributed by atoms with Crippen LogP contribution in [0.25, 0.3) is 0 Å². The Balaban J connectivity index is 1.33. The molecule has 1 unspecified atom stereocenters. The van der Waals surface area contributed by atoms with Gasteiger partial charge in [0.05, 0.1) is 13.0 Å². The van der Waals surface area contributed by atoms with Crippen molar-refractivity contribution >= 4 is 27.5 Å². The number of fused-ring (bicyclic) bond motifs is 1. The van der Waals surface area contributed by atoms with E-state index in [1.54, 1.807) is 7.11 Å². The molecule has 2 aliphatic heterocycles. The van der Waals surface area contributed by atoms with Crippen molar-refractivity contribution in [3.63, 3.8) is 0 Å². The Morgan fingerprint density at radius 1 is 1.14 bits per heavy atom. The minimum Gasteiger partial charge on any atom is -0.497 e. The first-order valence-corrected chi connectivity index (χ1v) is 11.2. The Labute approximate surface area is 182 Å². The van der Waals surface area contributed by atoms with Crippen molar-refractivity contribution in [3.8, 4) is 5.75 Å². The van der Waals surface area contributed by atoms with Crippen LogP contribution in [0.15, 0.2) is 46.9 Å². The summed E-state index contributed by atoms with van der Waals surface area (Å²) in [7, 11) is 3.62. The number of nitrogens with zero attached hydrogens (tertiary/aromatic N) is 2. The molecule has 2 aromatic carbocycles. The second-order valence-electron chi connectivity index (χ2n) is 8.33. The number of carbonyl (C=O) groups is 1. The molecule has 1 saturated heterocycles. The second-order valence-corrected chi connectivity index (χ2v) is 9.19. The molecule has 1 atom stereocenters. The summed E-state index contributed by atoms with van der Waals surface area (Å²) < 4.78 is 6.54. The number of benzene rings is 2. The van der Waals surface area contributed by atoms with Crippen LogP contribution < -0.4 is 9.64 Å². The van der Waals surface area contributed by atoms with E-state index in [-0.39, 0.29) is 11.8 Å². The van der Waals surface area contributed by atoms with Gasteiger partial charge in [-0.25, -0.2) is 0 Å². The summed E-state index contributed by atoms with van der Waals surface area (Å²) in [5, 5.41) is 0. The maximum Gasteiger partial charge on any atom is 0.231 e. The largest absolute Gasteiger partial charge is 0.497 e. The van der Waals surface area contributed by atoms with E-state index in [0.29, 0.717) is 5.92 Å². The predicted molar refractivity (Wildman–Crippen MR) is 121 cm³/mol. The number of para-hydroxylation sites is 1. The SMILES string of the molecule is COc1ccc(Br)c(CC2CCN(CC3Cc4ccccc4N(C)C3=O)CC2)c1. The average molecular weight is 457 g/mol. The van der Waals surface area contributed by atoms with Crippen LogP contribution in [0.4, 0.5) is 5.69 Å². The van der Waals surface area contributed by atoms with Crippen LogP contribution in [0.2, 0.25) is 0 Å². The van der Waals surface area contributed by atoms with Crippen molar-refractivity contribution in [2.24, 2.45) is 11.8 Å². The highest BCUT2D eigenvalue weighted by Crippen LogP contribution is 2.32. The van der Waals surface area contributed by atoms with E-state index in [4.69, 9.17) is 4.74 Å². The van der Waals surface area contributed by atoms with Crippen molar-refractivity contribution in [2.75, 3.05) is 38.7 Å². The van der Waals surface area contributed by atoms with Crippen molar-refractivity contribution in [1.29, 1.82) is 0 Å². The Kier molecular flexibility index (Phi) is 6.26. The minimum absolute atomic E-state index is 0.0685. The summed E-state index contributed by atoms with van der Waals surface area (Å²) in [4.78, 5) is 17.2. The van der Waals surface area contributed by atoms with Gasteiger partial charge in [-0.05, 0) is 80.1 Å². The van der Waals surface area contributed by atoms with Gasteiger partial charge in [-0.1, -0.05) is 34.1 Å². The van der Waals surface area contributed by atoms with Crippen LogP contribution in [0.1, 0.15) is 24.0 Å². The predicted octanol–water partition coefficient (Wildman–Crippen LogP) is 4.55. The fourth-order valence-corrected chi connectivity index (χ4v) is 5.14. The Bertz CT molecular complexity index is 877. The first-order chi connectivity index (χ1) is 14.0. The monoisotopic (exact) mass is 456 g/mol. The lowest BCUT2D eigenvalue weighted by Crippen LogP contribution is -2.46. The van der Waals surface area contributed by atoms with Gasteiger partial charge in [-0.15, -0.1) is 0 Å². The molecular formula is C24H29BrN2O2. The summed E-state index contributed by atoms with van der Waals surface area (Å²) in [6.07, 6.45) is 4.29. The molecule has 5 heteroatoms. The van der Waals surface area contributed by atoms with Gasteiger partial charge >= 0.3 is 0 Å². The molecule has 0 aromatic heterocycles. The highest BCUT2D eigenvalue weighted by atomic mass is 79.9. The lowest BCUT2D eigenvalue weighted by Gasteiger charge is -2.37. The van der Waals surface area contributed by atoms with E-state index in [0.717, 1.165) is 48.4 Å². The number of piperidine rings is 1. The quantitative estimate of drug-likeness (QED) is 0.661. The third-order valence-corrected chi connectivity index (χ3v) is 7.22. The van der Waals surface area contributed by atoms with Crippen LogP contribution >= 0.6 is 15.9 Å². The fraction of sp³-hybridized carbons (Fsp3) is 0.458. The molecule has 4 nitrogen and oxygen atoms in total. The zero-order valence-electron chi connectivity index (χ0n) is 17.2. The highest BCUT2D eigenvalue weighted by molar-refractivity contribution is 9.10. The van der Waals surface area contributed by atoms with Crippen molar-refractivity contribution < 1.29 is 9.53 Å². The molecule has 2 aromatic rings. The summed E-state index contributed by atoms with van der Waals surface area (Å²) in [6, 6.07) is 14.5. The number of ether oxygens (including phenoxy) is 1. The average Bonchev–Trinajstić information content (AvgIpc) is 2.75. The van der Waals surface area contributed by atoms with E-state index in [9.17, 15) is 4.79 Å². The first-order valence-electron chi connectivity index (χ1n) is 10.5. The number of hydrogen-bond donors (Lipinski definition) is 0. The molecule has 0 aliphatic carbocycles. The van der Waals surface area contributed by atoms with Crippen LogP contribution in [-0.4, -0.2) is 44.6 Å². The third-order valence-electron chi connectivity index (χ3n) is 6.45. The van der Waals surface area contributed by atoms with Crippen molar-refractivity contribution in [3.05, 3.63) is 58.1 Å². The van der Waals surface area contributed by atoms with Crippen LogP contribution in [0, 0.1) is 11.8 Å². The van der Waals surface area contributed by atoms with Gasteiger partial charge < -0.3 is 14.5 Å². The molecule has 154 valence electrons. The number of halogens is 1. The third kappa shape index (κ3) is 4.51. The van der Waals surface area contributed by atoms with Gasteiger partial charge in [0.2, 0.25) is 5.91 Å². The van der Waals surface area contributed by atoms with Gasteiger partial charge in [0.25, 0.3) is 0 Å². The Hall–Kier alpha value is -1.85. The molecule has 4 rings (SSSR count). The van der Waals surface area contributed by atoms with Gasteiger partial charge in [-0.2, -0.15) is 0 Å². The van der Waals surface area contributed by atoms with E-state index >= 15 is 0 Å². The molecule has 0 bridgehead atoms. The van der Waals surface area contributed by atoms with Gasteiger partial charge in [0.15, 0.2) is 0 Å². The molecule has 0 spiro atoms. The number of hydrogen-bond acceptors (Lipinski definition) is 3. The molecule has 29 heavy (non-hydrogen) atoms. The number of methoxy groups -OCH3 is 1. The van der Waals surface area contributed by atoms with Crippen molar-refractivity contribution in [2.45, 2.75) is 25.7 Å². The molecule has 2 aliphatic rings. The van der Waals surface area contributed by atoms with E-state index in [2.05, 4.69) is 45.1 Å². The normalized spacial score (nSPS) is 20.6. The highest BCUT2D eigenvalue weighted by Gasteiger charge is 2.32. The zero-order chi connectivity index (χ0) is 20.4. The molecule has 1 amide bonds. The van der Waals surface area contributed by atoms with E-state index in [1.165, 1.54) is 24.0 Å². The Morgan fingerprint density at radius 3 is 2.66 bits per heavy atom. The molecule has 2 heterocycles. The number of anilines is 1. The minimum atomic E-state index is 0.0685. The Morgan fingerprint density at radius 2 is 1.90 bits per heavy atom.